The third kappa shape index (κ3) is 4.52. The van der Waals surface area contributed by atoms with E-state index in [2.05, 4.69) is 37.9 Å². The van der Waals surface area contributed by atoms with Crippen molar-refractivity contribution in [3.8, 4) is 0 Å². The van der Waals surface area contributed by atoms with Gasteiger partial charge in [-0.2, -0.15) is 0 Å². The van der Waals surface area contributed by atoms with Gasteiger partial charge in [-0.05, 0) is 25.4 Å². The Hall–Kier alpha value is -0.120. The molecule has 1 saturated heterocycles. The van der Waals surface area contributed by atoms with Gasteiger partial charge in [-0.1, -0.05) is 40.5 Å². The molecule has 0 aromatic heterocycles. The number of nitrogens with one attached hydrogen (secondary N) is 1. The monoisotopic (exact) mass is 256 g/mol. The number of hydrogen-bond donors (Lipinski definition) is 1. The normalized spacial score (nSPS) is 23.5. The Morgan fingerprint density at radius 2 is 1.94 bits per heavy atom. The van der Waals surface area contributed by atoms with Crippen molar-refractivity contribution in [3.05, 3.63) is 0 Å². The molecule has 0 radical (unpaired) electrons. The van der Waals surface area contributed by atoms with Crippen molar-refractivity contribution >= 4 is 0 Å². The molecule has 1 heterocycles. The van der Waals surface area contributed by atoms with Crippen LogP contribution in [0.3, 0.4) is 0 Å². The number of morpholine rings is 1. The van der Waals surface area contributed by atoms with Crippen molar-refractivity contribution in [2.75, 3.05) is 32.8 Å². The van der Waals surface area contributed by atoms with Crippen molar-refractivity contribution in [2.24, 2.45) is 5.92 Å². The van der Waals surface area contributed by atoms with Gasteiger partial charge in [0.1, 0.15) is 0 Å². The van der Waals surface area contributed by atoms with Gasteiger partial charge < -0.3 is 10.1 Å². The Bertz CT molecular complexity index is 205. The zero-order chi connectivity index (χ0) is 13.4. The van der Waals surface area contributed by atoms with Crippen LogP contribution in [0.4, 0.5) is 0 Å². The summed E-state index contributed by atoms with van der Waals surface area (Å²) in [6, 6.07) is 0.518. The second-order valence-corrected chi connectivity index (χ2v) is 5.37. The first kappa shape index (κ1) is 15.9. The Balaban J connectivity index is 2.60. The van der Waals surface area contributed by atoms with Crippen molar-refractivity contribution in [3.63, 3.8) is 0 Å². The molecule has 1 aliphatic heterocycles. The fourth-order valence-corrected chi connectivity index (χ4v) is 3.10. The SMILES string of the molecule is CCCN1CCOC(C(NCC)C(CC)CC)C1. The van der Waals surface area contributed by atoms with Crippen LogP contribution in [0.2, 0.25) is 0 Å². The summed E-state index contributed by atoms with van der Waals surface area (Å²) in [7, 11) is 0. The Morgan fingerprint density at radius 3 is 2.50 bits per heavy atom. The first-order chi connectivity index (χ1) is 8.76. The summed E-state index contributed by atoms with van der Waals surface area (Å²) in [6.45, 7) is 14.4. The fourth-order valence-electron chi connectivity index (χ4n) is 3.10. The molecule has 0 saturated carbocycles. The maximum absolute atomic E-state index is 6.05. The third-order valence-corrected chi connectivity index (χ3v) is 4.11. The van der Waals surface area contributed by atoms with Crippen molar-refractivity contribution in [2.45, 2.75) is 59.1 Å². The van der Waals surface area contributed by atoms with E-state index in [0.29, 0.717) is 12.1 Å². The zero-order valence-electron chi connectivity index (χ0n) is 12.7. The Labute approximate surface area is 113 Å². The summed E-state index contributed by atoms with van der Waals surface area (Å²) in [5.41, 5.74) is 0. The molecule has 1 rings (SSSR count). The minimum atomic E-state index is 0.371. The van der Waals surface area contributed by atoms with Crippen LogP contribution >= 0.6 is 0 Å². The molecule has 2 unspecified atom stereocenters. The average Bonchev–Trinajstić information content (AvgIpc) is 2.40. The lowest BCUT2D eigenvalue weighted by atomic mass is 9.89. The molecule has 0 aromatic rings. The summed E-state index contributed by atoms with van der Waals surface area (Å²) >= 11 is 0. The van der Waals surface area contributed by atoms with E-state index in [1.54, 1.807) is 0 Å². The highest BCUT2D eigenvalue weighted by molar-refractivity contribution is 4.87. The van der Waals surface area contributed by atoms with Gasteiger partial charge in [0.05, 0.1) is 12.7 Å². The van der Waals surface area contributed by atoms with E-state index in [1.807, 2.05) is 0 Å². The van der Waals surface area contributed by atoms with Gasteiger partial charge in [-0.25, -0.2) is 0 Å². The number of nitrogens with zero attached hydrogens (tertiary/aromatic N) is 1. The van der Waals surface area contributed by atoms with Crippen LogP contribution in [-0.2, 0) is 4.74 Å². The molecule has 0 amide bonds. The minimum Gasteiger partial charge on any atom is -0.374 e. The Kier molecular flexibility index (Phi) is 7.87. The van der Waals surface area contributed by atoms with Crippen molar-refractivity contribution in [1.82, 2.24) is 10.2 Å². The maximum Gasteiger partial charge on any atom is 0.0857 e. The maximum atomic E-state index is 6.05. The number of likely N-dealkylation sites (N-methyl/N-ethyl adjacent to an activating group) is 1. The van der Waals surface area contributed by atoms with Gasteiger partial charge in [-0.15, -0.1) is 0 Å². The second-order valence-electron chi connectivity index (χ2n) is 5.37. The van der Waals surface area contributed by atoms with Gasteiger partial charge in [0.25, 0.3) is 0 Å². The van der Waals surface area contributed by atoms with Crippen LogP contribution in [0.25, 0.3) is 0 Å². The minimum absolute atomic E-state index is 0.371. The van der Waals surface area contributed by atoms with Crippen LogP contribution in [0.15, 0.2) is 0 Å². The van der Waals surface area contributed by atoms with Gasteiger partial charge in [0.2, 0.25) is 0 Å². The molecular formula is C15H32N2O. The topological polar surface area (TPSA) is 24.5 Å². The molecule has 108 valence electrons. The van der Waals surface area contributed by atoms with E-state index in [-0.39, 0.29) is 0 Å². The van der Waals surface area contributed by atoms with Crippen LogP contribution in [-0.4, -0.2) is 49.8 Å². The molecule has 1 fully saturated rings. The molecule has 2 atom stereocenters. The highest BCUT2D eigenvalue weighted by atomic mass is 16.5. The molecular weight excluding hydrogens is 224 g/mol. The molecule has 1 N–H and O–H groups in total. The van der Waals surface area contributed by atoms with Crippen molar-refractivity contribution in [1.29, 1.82) is 0 Å². The Morgan fingerprint density at radius 1 is 1.22 bits per heavy atom. The molecule has 0 aliphatic carbocycles. The lowest BCUT2D eigenvalue weighted by Gasteiger charge is -2.40. The number of rotatable bonds is 8. The fraction of sp³-hybridized carbons (Fsp3) is 1.00. The number of ether oxygens (including phenoxy) is 1. The lowest BCUT2D eigenvalue weighted by Crippen LogP contribution is -2.55. The van der Waals surface area contributed by atoms with Gasteiger partial charge in [0, 0.05) is 19.1 Å². The summed E-state index contributed by atoms with van der Waals surface area (Å²) in [6.07, 6.45) is 4.09. The second kappa shape index (κ2) is 8.89. The van der Waals surface area contributed by atoms with Crippen LogP contribution < -0.4 is 5.32 Å². The van der Waals surface area contributed by atoms with E-state index in [0.717, 1.165) is 32.2 Å². The predicted octanol–water partition coefficient (Wildman–Crippen LogP) is 2.51. The van der Waals surface area contributed by atoms with Crippen LogP contribution in [0, 0.1) is 5.92 Å². The third-order valence-electron chi connectivity index (χ3n) is 4.11. The largest absolute Gasteiger partial charge is 0.374 e. The van der Waals surface area contributed by atoms with Gasteiger partial charge in [-0.3, -0.25) is 4.90 Å². The first-order valence-corrected chi connectivity index (χ1v) is 7.84. The summed E-state index contributed by atoms with van der Waals surface area (Å²) in [4.78, 5) is 2.56. The lowest BCUT2D eigenvalue weighted by molar-refractivity contribution is -0.0568. The molecule has 0 bridgehead atoms. The molecule has 0 aromatic carbocycles. The summed E-state index contributed by atoms with van der Waals surface area (Å²) in [5, 5.41) is 3.67. The standard InChI is InChI=1S/C15H32N2O/c1-5-9-17-10-11-18-14(12-17)15(16-8-4)13(6-2)7-3/h13-16H,5-12H2,1-4H3. The summed E-state index contributed by atoms with van der Waals surface area (Å²) in [5.74, 6) is 0.733. The van der Waals surface area contributed by atoms with Crippen molar-refractivity contribution < 1.29 is 4.74 Å². The smallest absolute Gasteiger partial charge is 0.0857 e. The first-order valence-electron chi connectivity index (χ1n) is 7.84. The molecule has 1 aliphatic rings. The van der Waals surface area contributed by atoms with Crippen LogP contribution in [0.5, 0.6) is 0 Å². The molecule has 0 spiro atoms. The molecule has 3 nitrogen and oxygen atoms in total. The van der Waals surface area contributed by atoms with E-state index >= 15 is 0 Å². The summed E-state index contributed by atoms with van der Waals surface area (Å²) < 4.78 is 6.05. The van der Waals surface area contributed by atoms with E-state index < -0.39 is 0 Å². The molecule has 18 heavy (non-hydrogen) atoms. The number of hydrogen-bond acceptors (Lipinski definition) is 3. The highest BCUT2D eigenvalue weighted by Gasteiger charge is 2.31. The van der Waals surface area contributed by atoms with E-state index in [9.17, 15) is 0 Å². The van der Waals surface area contributed by atoms with Gasteiger partial charge >= 0.3 is 0 Å². The van der Waals surface area contributed by atoms with Gasteiger partial charge in [0.15, 0.2) is 0 Å². The average molecular weight is 256 g/mol. The zero-order valence-corrected chi connectivity index (χ0v) is 12.7. The molecule has 3 heteroatoms. The van der Waals surface area contributed by atoms with E-state index in [4.69, 9.17) is 4.74 Å². The van der Waals surface area contributed by atoms with Crippen LogP contribution in [0.1, 0.15) is 47.0 Å². The predicted molar refractivity (Wildman–Crippen MR) is 78.0 cm³/mol. The highest BCUT2D eigenvalue weighted by Crippen LogP contribution is 2.21. The quantitative estimate of drug-likeness (QED) is 0.722. The van der Waals surface area contributed by atoms with E-state index in [1.165, 1.54) is 25.8 Å².